The lowest BCUT2D eigenvalue weighted by Gasteiger charge is -2.32. The summed E-state index contributed by atoms with van der Waals surface area (Å²) in [5, 5.41) is 0. The maximum atomic E-state index is 12.6. The van der Waals surface area contributed by atoms with Gasteiger partial charge in [-0.1, -0.05) is 0 Å². The summed E-state index contributed by atoms with van der Waals surface area (Å²) in [5.41, 5.74) is 1.66. The Labute approximate surface area is 129 Å². The smallest absolute Gasteiger partial charge is 0.254 e. The molecule has 1 amide bonds. The Bertz CT molecular complexity index is 608. The third-order valence-electron chi connectivity index (χ3n) is 3.70. The molecule has 1 aromatic carbocycles. The number of aromatic nitrogens is 2. The van der Waals surface area contributed by atoms with Crippen LogP contribution in [-0.4, -0.2) is 59.9 Å². The minimum atomic E-state index is -0.0482. The van der Waals surface area contributed by atoms with E-state index in [1.54, 1.807) is 19.6 Å². The van der Waals surface area contributed by atoms with Gasteiger partial charge in [-0.3, -0.25) is 4.79 Å². The topological polar surface area (TPSA) is 56.6 Å². The maximum Gasteiger partial charge on any atom is 0.254 e. The van der Waals surface area contributed by atoms with Crippen molar-refractivity contribution in [1.29, 1.82) is 0 Å². The number of benzene rings is 1. The molecule has 1 aliphatic rings. The van der Waals surface area contributed by atoms with E-state index in [4.69, 9.17) is 9.47 Å². The molecule has 116 valence electrons. The molecule has 0 radical (unpaired) electrons. The Morgan fingerprint density at radius 3 is 2.91 bits per heavy atom. The molecule has 2 aromatic rings. The first-order valence-corrected chi connectivity index (χ1v) is 7.26. The number of methoxy groups -OCH3 is 1. The largest absolute Gasteiger partial charge is 0.382 e. The minimum absolute atomic E-state index is 0.0292. The minimum Gasteiger partial charge on any atom is -0.382 e. The van der Waals surface area contributed by atoms with Crippen molar-refractivity contribution in [2.24, 2.45) is 0 Å². The molecule has 0 spiro atoms. The van der Waals surface area contributed by atoms with Crippen LogP contribution in [0.4, 0.5) is 0 Å². The van der Waals surface area contributed by atoms with Gasteiger partial charge in [0, 0.05) is 43.8 Å². The fraction of sp³-hybridized carbons (Fsp3) is 0.375. The number of ether oxygens (including phenoxy) is 2. The summed E-state index contributed by atoms with van der Waals surface area (Å²) < 4.78 is 12.6. The van der Waals surface area contributed by atoms with Gasteiger partial charge in [-0.15, -0.1) is 0 Å². The molecule has 1 saturated heterocycles. The van der Waals surface area contributed by atoms with Crippen LogP contribution in [0.2, 0.25) is 0 Å². The van der Waals surface area contributed by atoms with Gasteiger partial charge in [0.2, 0.25) is 0 Å². The lowest BCUT2D eigenvalue weighted by molar-refractivity contribution is -0.0531. The number of nitrogens with zero attached hydrogens (tertiary/aromatic N) is 3. The summed E-state index contributed by atoms with van der Waals surface area (Å²) in [6.45, 7) is 2.23. The maximum absolute atomic E-state index is 12.6. The van der Waals surface area contributed by atoms with Crippen LogP contribution in [0.1, 0.15) is 10.4 Å². The summed E-state index contributed by atoms with van der Waals surface area (Å²) in [6, 6.07) is 7.53. The van der Waals surface area contributed by atoms with Crippen LogP contribution in [0, 0.1) is 0 Å². The van der Waals surface area contributed by atoms with Crippen molar-refractivity contribution in [3.05, 3.63) is 48.5 Å². The lowest BCUT2D eigenvalue weighted by Crippen LogP contribution is -2.47. The van der Waals surface area contributed by atoms with Crippen LogP contribution in [0.15, 0.2) is 43.0 Å². The molecule has 6 nitrogen and oxygen atoms in total. The van der Waals surface area contributed by atoms with E-state index in [1.807, 2.05) is 39.9 Å². The number of imidazole rings is 1. The SMILES string of the molecule is COCC1CN(C(=O)c2ccc(-n3ccnc3)cc2)CCO1. The predicted octanol–water partition coefficient (Wildman–Crippen LogP) is 1.36. The van der Waals surface area contributed by atoms with Gasteiger partial charge in [0.25, 0.3) is 5.91 Å². The average molecular weight is 301 g/mol. The molecular weight excluding hydrogens is 282 g/mol. The number of morpholine rings is 1. The highest BCUT2D eigenvalue weighted by atomic mass is 16.5. The number of amides is 1. The van der Waals surface area contributed by atoms with Crippen LogP contribution < -0.4 is 0 Å². The highest BCUT2D eigenvalue weighted by Gasteiger charge is 2.24. The zero-order valence-corrected chi connectivity index (χ0v) is 12.5. The first-order valence-electron chi connectivity index (χ1n) is 7.26. The zero-order valence-electron chi connectivity index (χ0n) is 12.5. The summed E-state index contributed by atoms with van der Waals surface area (Å²) in [7, 11) is 1.64. The average Bonchev–Trinajstić information content (AvgIpc) is 3.09. The van der Waals surface area contributed by atoms with Crippen LogP contribution in [0.3, 0.4) is 0 Å². The second-order valence-electron chi connectivity index (χ2n) is 5.22. The van der Waals surface area contributed by atoms with E-state index < -0.39 is 0 Å². The Balaban J connectivity index is 1.69. The Hall–Kier alpha value is -2.18. The number of carbonyl (C=O) groups is 1. The lowest BCUT2D eigenvalue weighted by atomic mass is 10.1. The van der Waals surface area contributed by atoms with Crippen molar-refractivity contribution in [2.75, 3.05) is 33.4 Å². The zero-order chi connectivity index (χ0) is 15.4. The van der Waals surface area contributed by atoms with Gasteiger partial charge in [-0.25, -0.2) is 4.98 Å². The second-order valence-corrected chi connectivity index (χ2v) is 5.22. The Morgan fingerprint density at radius 1 is 1.41 bits per heavy atom. The molecule has 22 heavy (non-hydrogen) atoms. The van der Waals surface area contributed by atoms with Crippen molar-refractivity contribution >= 4 is 5.91 Å². The van der Waals surface area contributed by atoms with Crippen LogP contribution >= 0.6 is 0 Å². The van der Waals surface area contributed by atoms with Gasteiger partial charge in [0.05, 0.1) is 25.6 Å². The predicted molar refractivity (Wildman–Crippen MR) is 81.1 cm³/mol. The van der Waals surface area contributed by atoms with Crippen LogP contribution in [0.25, 0.3) is 5.69 Å². The molecular formula is C16H19N3O3. The molecule has 1 atom stereocenters. The van der Waals surface area contributed by atoms with E-state index in [1.165, 1.54) is 0 Å². The highest BCUT2D eigenvalue weighted by molar-refractivity contribution is 5.94. The Morgan fingerprint density at radius 2 is 2.23 bits per heavy atom. The summed E-state index contributed by atoms with van der Waals surface area (Å²) in [4.78, 5) is 18.4. The number of carbonyl (C=O) groups excluding carboxylic acids is 1. The van der Waals surface area contributed by atoms with Crippen LogP contribution in [-0.2, 0) is 9.47 Å². The first kappa shape index (κ1) is 14.7. The fourth-order valence-corrected chi connectivity index (χ4v) is 2.56. The standard InChI is InChI=1S/C16H19N3O3/c1-21-11-15-10-18(8-9-22-15)16(20)13-2-4-14(5-3-13)19-7-6-17-12-19/h2-7,12,15H,8-11H2,1H3. The molecule has 0 bridgehead atoms. The van der Waals surface area contributed by atoms with Crippen molar-refractivity contribution in [1.82, 2.24) is 14.5 Å². The molecule has 6 heteroatoms. The quantitative estimate of drug-likeness (QED) is 0.855. The highest BCUT2D eigenvalue weighted by Crippen LogP contribution is 2.14. The van der Waals surface area contributed by atoms with E-state index >= 15 is 0 Å². The van der Waals surface area contributed by atoms with Gasteiger partial charge >= 0.3 is 0 Å². The monoisotopic (exact) mass is 301 g/mol. The second kappa shape index (κ2) is 6.72. The van der Waals surface area contributed by atoms with Gasteiger partial charge in [-0.05, 0) is 24.3 Å². The number of hydrogen-bond acceptors (Lipinski definition) is 4. The molecule has 1 fully saturated rings. The third-order valence-corrected chi connectivity index (χ3v) is 3.70. The molecule has 3 rings (SSSR count). The van der Waals surface area contributed by atoms with Crippen molar-refractivity contribution < 1.29 is 14.3 Å². The molecule has 0 N–H and O–H groups in total. The van der Waals surface area contributed by atoms with E-state index in [0.29, 0.717) is 31.9 Å². The normalized spacial score (nSPS) is 18.4. The molecule has 1 unspecified atom stereocenters. The molecule has 2 heterocycles. The Kier molecular flexibility index (Phi) is 4.50. The van der Waals surface area contributed by atoms with E-state index in [0.717, 1.165) is 5.69 Å². The van der Waals surface area contributed by atoms with Crippen molar-refractivity contribution in [2.45, 2.75) is 6.10 Å². The van der Waals surface area contributed by atoms with E-state index in [-0.39, 0.29) is 12.0 Å². The molecule has 0 aliphatic carbocycles. The van der Waals surface area contributed by atoms with Gasteiger partial charge in [-0.2, -0.15) is 0 Å². The first-order chi connectivity index (χ1) is 10.8. The number of rotatable bonds is 4. The molecule has 0 saturated carbocycles. The van der Waals surface area contributed by atoms with E-state index in [2.05, 4.69) is 4.98 Å². The van der Waals surface area contributed by atoms with Gasteiger partial charge < -0.3 is 18.9 Å². The van der Waals surface area contributed by atoms with Gasteiger partial charge in [0.1, 0.15) is 0 Å². The number of hydrogen-bond donors (Lipinski definition) is 0. The molecule has 1 aromatic heterocycles. The third kappa shape index (κ3) is 3.18. The van der Waals surface area contributed by atoms with Gasteiger partial charge in [0.15, 0.2) is 0 Å². The van der Waals surface area contributed by atoms with Crippen molar-refractivity contribution in [3.8, 4) is 5.69 Å². The molecule has 1 aliphatic heterocycles. The summed E-state index contributed by atoms with van der Waals surface area (Å²) in [6.07, 6.45) is 5.28. The van der Waals surface area contributed by atoms with Crippen LogP contribution in [0.5, 0.6) is 0 Å². The van der Waals surface area contributed by atoms with E-state index in [9.17, 15) is 4.79 Å². The van der Waals surface area contributed by atoms with Crippen molar-refractivity contribution in [3.63, 3.8) is 0 Å². The summed E-state index contributed by atoms with van der Waals surface area (Å²) in [5.74, 6) is 0.0292. The fourth-order valence-electron chi connectivity index (χ4n) is 2.56. The summed E-state index contributed by atoms with van der Waals surface area (Å²) >= 11 is 0.